The summed E-state index contributed by atoms with van der Waals surface area (Å²) in [5.41, 5.74) is 10.8. The lowest BCUT2D eigenvalue weighted by atomic mass is 9.80. The molecule has 0 N–H and O–H groups in total. The SMILES string of the molecule is CS(=O)(=O)O[C@@H]1Cc2c3c(cc(OCCN(CCCl)CCCl)c2[C@@H]1N=[N+]=[N-])C(=O)c1ccccc1C3=O. The maximum absolute atomic E-state index is 13.5. The molecular weight excluding hydrogens is 543 g/mol. The smallest absolute Gasteiger partial charge is 0.264 e. The van der Waals surface area contributed by atoms with Gasteiger partial charge in [-0.15, -0.1) is 23.2 Å². The monoisotopic (exact) mass is 566 g/mol. The van der Waals surface area contributed by atoms with Crippen LogP contribution in [0, 0.1) is 0 Å². The van der Waals surface area contributed by atoms with Crippen LogP contribution < -0.4 is 4.74 Å². The molecule has 2 atom stereocenters. The predicted octanol–water partition coefficient (Wildman–Crippen LogP) is 3.87. The Bertz CT molecular complexity index is 1390. The third-order valence-electron chi connectivity index (χ3n) is 6.32. The number of hydrogen-bond donors (Lipinski definition) is 0. The quantitative estimate of drug-likeness (QED) is 0.113. The molecule has 0 spiro atoms. The van der Waals surface area contributed by atoms with Crippen LogP contribution in [0.3, 0.4) is 0 Å². The van der Waals surface area contributed by atoms with Gasteiger partial charge in [-0.05, 0) is 17.2 Å². The minimum atomic E-state index is -3.93. The summed E-state index contributed by atoms with van der Waals surface area (Å²) in [5, 5.41) is 3.80. The van der Waals surface area contributed by atoms with E-state index in [4.69, 9.17) is 32.1 Å². The van der Waals surface area contributed by atoms with Crippen molar-refractivity contribution in [3.05, 3.63) is 74.2 Å². The average Bonchev–Trinajstić information content (AvgIpc) is 3.19. The van der Waals surface area contributed by atoms with E-state index in [0.717, 1.165) is 6.26 Å². The first kappa shape index (κ1) is 27.4. The Morgan fingerprint density at radius 1 is 1.08 bits per heavy atom. The second kappa shape index (κ2) is 11.4. The molecule has 0 saturated carbocycles. The number of ether oxygens (including phenoxy) is 1. The third kappa shape index (κ3) is 5.62. The molecule has 0 aliphatic heterocycles. The Hall–Kier alpha value is -2.66. The number of halogens is 2. The van der Waals surface area contributed by atoms with Gasteiger partial charge in [-0.2, -0.15) is 8.42 Å². The molecule has 0 aromatic heterocycles. The lowest BCUT2D eigenvalue weighted by Crippen LogP contribution is -2.32. The lowest BCUT2D eigenvalue weighted by Gasteiger charge is -2.24. The van der Waals surface area contributed by atoms with Gasteiger partial charge in [-0.25, -0.2) is 0 Å². The Morgan fingerprint density at radius 3 is 2.32 bits per heavy atom. The molecule has 2 aliphatic rings. The van der Waals surface area contributed by atoms with Crippen molar-refractivity contribution in [2.24, 2.45) is 5.11 Å². The van der Waals surface area contributed by atoms with Crippen molar-refractivity contribution in [3.63, 3.8) is 0 Å². The normalized spacial score (nSPS) is 18.3. The highest BCUT2D eigenvalue weighted by Gasteiger charge is 2.43. The number of carbonyl (C=O) groups excluding carboxylic acids is 2. The summed E-state index contributed by atoms with van der Waals surface area (Å²) >= 11 is 11.7. The summed E-state index contributed by atoms with van der Waals surface area (Å²) in [6.07, 6.45) is -0.264. The molecule has 2 aliphatic carbocycles. The molecule has 10 nitrogen and oxygen atoms in total. The van der Waals surface area contributed by atoms with Gasteiger partial charge in [0.05, 0.1) is 18.4 Å². The summed E-state index contributed by atoms with van der Waals surface area (Å²) in [7, 11) is -3.93. The highest BCUT2D eigenvalue weighted by Crippen LogP contribution is 2.47. The fourth-order valence-electron chi connectivity index (χ4n) is 4.84. The van der Waals surface area contributed by atoms with Crippen molar-refractivity contribution in [1.82, 2.24) is 4.90 Å². The first-order valence-corrected chi connectivity index (χ1v) is 14.4. The molecule has 0 saturated heterocycles. The molecule has 196 valence electrons. The molecule has 0 amide bonds. The van der Waals surface area contributed by atoms with Gasteiger partial charge in [0, 0.05) is 70.5 Å². The van der Waals surface area contributed by atoms with Crippen LogP contribution in [0.5, 0.6) is 5.75 Å². The van der Waals surface area contributed by atoms with Crippen molar-refractivity contribution in [2.75, 3.05) is 44.3 Å². The van der Waals surface area contributed by atoms with E-state index in [9.17, 15) is 23.5 Å². The standard InChI is InChI=1S/C24H24Cl2N4O6S/c1-37(33,34)36-19-12-16-20-17(23(31)14-4-2-3-5-15(14)24(20)32)13-18(21(16)22(19)28-29-27)35-11-10-30(8-6-25)9-7-26/h2-5,13,19,22H,6-12H2,1H3/t19-,22-/m1/s1. The highest BCUT2D eigenvalue weighted by molar-refractivity contribution is 7.86. The van der Waals surface area contributed by atoms with Crippen molar-refractivity contribution in [1.29, 1.82) is 0 Å². The Kier molecular flexibility index (Phi) is 8.42. The molecule has 0 radical (unpaired) electrons. The Morgan fingerprint density at radius 2 is 1.73 bits per heavy atom. The van der Waals surface area contributed by atoms with E-state index >= 15 is 0 Å². The number of rotatable bonds is 11. The van der Waals surface area contributed by atoms with Gasteiger partial charge in [0.25, 0.3) is 10.1 Å². The van der Waals surface area contributed by atoms with Crippen molar-refractivity contribution >= 4 is 44.9 Å². The number of ketones is 2. The van der Waals surface area contributed by atoms with E-state index in [2.05, 4.69) is 10.0 Å². The van der Waals surface area contributed by atoms with Crippen LogP contribution in [0.15, 0.2) is 35.4 Å². The molecular formula is C24H24Cl2N4O6S. The minimum Gasteiger partial charge on any atom is -0.492 e. The zero-order valence-electron chi connectivity index (χ0n) is 19.9. The number of alkyl halides is 2. The van der Waals surface area contributed by atoms with Crippen LogP contribution in [-0.4, -0.2) is 75.2 Å². The van der Waals surface area contributed by atoms with Gasteiger partial charge in [-0.3, -0.25) is 18.7 Å². The Balaban J connectivity index is 1.82. The first-order valence-electron chi connectivity index (χ1n) is 11.5. The highest BCUT2D eigenvalue weighted by atomic mass is 35.5. The van der Waals surface area contributed by atoms with Crippen LogP contribution in [0.4, 0.5) is 0 Å². The summed E-state index contributed by atoms with van der Waals surface area (Å²) in [4.78, 5) is 31.8. The fourth-order valence-corrected chi connectivity index (χ4v) is 5.94. The van der Waals surface area contributed by atoms with Crippen LogP contribution in [-0.2, 0) is 20.7 Å². The van der Waals surface area contributed by atoms with Gasteiger partial charge < -0.3 is 4.74 Å². The van der Waals surface area contributed by atoms with Gasteiger partial charge in [0.2, 0.25) is 0 Å². The lowest BCUT2D eigenvalue weighted by molar-refractivity contribution is 0.0977. The molecule has 4 rings (SSSR count). The molecule has 0 heterocycles. The minimum absolute atomic E-state index is 0.0581. The maximum atomic E-state index is 13.5. The van der Waals surface area contributed by atoms with Crippen LogP contribution >= 0.6 is 23.2 Å². The molecule has 0 unspecified atom stereocenters. The van der Waals surface area contributed by atoms with Crippen molar-refractivity contribution in [2.45, 2.75) is 18.6 Å². The summed E-state index contributed by atoms with van der Waals surface area (Å²) in [6.45, 7) is 1.83. The van der Waals surface area contributed by atoms with Crippen LogP contribution in [0.1, 0.15) is 49.0 Å². The summed E-state index contributed by atoms with van der Waals surface area (Å²) < 4.78 is 35.3. The fraction of sp³-hybridized carbons (Fsp3) is 0.417. The van der Waals surface area contributed by atoms with E-state index < -0.39 is 22.3 Å². The molecule has 0 bridgehead atoms. The predicted molar refractivity (Wildman–Crippen MR) is 138 cm³/mol. The largest absolute Gasteiger partial charge is 0.492 e. The second-order valence-corrected chi connectivity index (χ2v) is 11.0. The number of hydrogen-bond acceptors (Lipinski definition) is 8. The maximum Gasteiger partial charge on any atom is 0.264 e. The van der Waals surface area contributed by atoms with Crippen LogP contribution in [0.25, 0.3) is 10.4 Å². The third-order valence-corrected chi connectivity index (χ3v) is 7.25. The van der Waals surface area contributed by atoms with E-state index in [-0.39, 0.29) is 52.6 Å². The van der Waals surface area contributed by atoms with E-state index in [0.29, 0.717) is 42.5 Å². The second-order valence-electron chi connectivity index (χ2n) is 8.65. The van der Waals surface area contributed by atoms with Gasteiger partial charge in [0.1, 0.15) is 12.4 Å². The average molecular weight is 567 g/mol. The molecule has 2 aromatic carbocycles. The first-order chi connectivity index (χ1) is 17.7. The number of nitrogens with zero attached hydrogens (tertiary/aromatic N) is 4. The number of benzene rings is 2. The topological polar surface area (TPSA) is 139 Å². The zero-order valence-corrected chi connectivity index (χ0v) is 22.2. The molecule has 13 heteroatoms. The Labute approximate surface area is 224 Å². The van der Waals surface area contributed by atoms with Crippen LogP contribution in [0.2, 0.25) is 0 Å². The molecule has 0 fully saturated rings. The number of azide groups is 1. The summed E-state index contributed by atoms with van der Waals surface area (Å²) in [6, 6.07) is 6.88. The number of fused-ring (bicyclic) bond motifs is 4. The van der Waals surface area contributed by atoms with Gasteiger partial charge in [-0.1, -0.05) is 29.4 Å². The van der Waals surface area contributed by atoms with Crippen molar-refractivity contribution in [3.8, 4) is 5.75 Å². The van der Waals surface area contributed by atoms with Gasteiger partial charge in [0.15, 0.2) is 11.6 Å². The van der Waals surface area contributed by atoms with E-state index in [1.54, 1.807) is 24.3 Å². The zero-order chi connectivity index (χ0) is 26.7. The van der Waals surface area contributed by atoms with Gasteiger partial charge >= 0.3 is 0 Å². The molecule has 2 aromatic rings. The molecule has 37 heavy (non-hydrogen) atoms. The van der Waals surface area contributed by atoms with Crippen molar-refractivity contribution < 1.29 is 26.9 Å². The summed E-state index contributed by atoms with van der Waals surface area (Å²) in [5.74, 6) is 0.317. The van der Waals surface area contributed by atoms with E-state index in [1.807, 2.05) is 4.90 Å². The number of carbonyl (C=O) groups is 2. The van der Waals surface area contributed by atoms with E-state index in [1.165, 1.54) is 6.07 Å².